The monoisotopic (exact) mass is 226 g/mol. The van der Waals surface area contributed by atoms with Crippen molar-refractivity contribution in [3.63, 3.8) is 0 Å². The van der Waals surface area contributed by atoms with Crippen LogP contribution in [-0.2, 0) is 0 Å². The third kappa shape index (κ3) is 6.73. The SMILES string of the molecule is CCN(CC(F)(F)F)C(C)CC(C)NC. The van der Waals surface area contributed by atoms with E-state index in [2.05, 4.69) is 5.32 Å². The standard InChI is InChI=1S/C10H21F3N2/c1-5-15(7-10(11,12)13)9(3)6-8(2)14-4/h8-9,14H,5-7H2,1-4H3. The average Bonchev–Trinajstić information content (AvgIpc) is 2.12. The molecule has 0 aliphatic heterocycles. The summed E-state index contributed by atoms with van der Waals surface area (Å²) in [6.07, 6.45) is -3.38. The summed E-state index contributed by atoms with van der Waals surface area (Å²) < 4.78 is 36.6. The first-order valence-corrected chi connectivity index (χ1v) is 5.28. The molecule has 0 amide bonds. The molecule has 0 radical (unpaired) electrons. The summed E-state index contributed by atoms with van der Waals surface area (Å²) in [7, 11) is 1.82. The number of alkyl halides is 3. The Bertz CT molecular complexity index is 171. The second-order valence-electron chi connectivity index (χ2n) is 3.95. The van der Waals surface area contributed by atoms with Gasteiger partial charge in [0.2, 0.25) is 0 Å². The highest BCUT2D eigenvalue weighted by Gasteiger charge is 2.32. The molecule has 92 valence electrons. The number of hydrogen-bond donors (Lipinski definition) is 1. The third-order valence-corrected chi connectivity index (χ3v) is 2.60. The molecule has 0 fully saturated rings. The van der Waals surface area contributed by atoms with Gasteiger partial charge in [0, 0.05) is 12.1 Å². The predicted octanol–water partition coefficient (Wildman–Crippen LogP) is 2.26. The number of halogens is 3. The topological polar surface area (TPSA) is 15.3 Å². The second-order valence-corrected chi connectivity index (χ2v) is 3.95. The molecule has 2 nitrogen and oxygen atoms in total. The van der Waals surface area contributed by atoms with E-state index in [0.717, 1.165) is 6.42 Å². The third-order valence-electron chi connectivity index (χ3n) is 2.60. The van der Waals surface area contributed by atoms with Gasteiger partial charge in [0.15, 0.2) is 0 Å². The van der Waals surface area contributed by atoms with Crippen molar-refractivity contribution in [3.8, 4) is 0 Å². The van der Waals surface area contributed by atoms with Gasteiger partial charge in [-0.05, 0) is 33.9 Å². The van der Waals surface area contributed by atoms with Crippen LogP contribution in [0.3, 0.4) is 0 Å². The van der Waals surface area contributed by atoms with Crippen molar-refractivity contribution in [1.29, 1.82) is 0 Å². The summed E-state index contributed by atoms with van der Waals surface area (Å²) in [5.74, 6) is 0. The van der Waals surface area contributed by atoms with Crippen LogP contribution in [0, 0.1) is 0 Å². The lowest BCUT2D eigenvalue weighted by Gasteiger charge is -2.30. The van der Waals surface area contributed by atoms with Gasteiger partial charge < -0.3 is 5.32 Å². The molecule has 0 aromatic heterocycles. The Morgan fingerprint density at radius 3 is 2.13 bits per heavy atom. The molecule has 0 rings (SSSR count). The van der Waals surface area contributed by atoms with Crippen molar-refractivity contribution >= 4 is 0 Å². The molecule has 5 heteroatoms. The number of hydrogen-bond acceptors (Lipinski definition) is 2. The molecule has 0 bridgehead atoms. The van der Waals surface area contributed by atoms with Crippen molar-refractivity contribution in [3.05, 3.63) is 0 Å². The number of nitrogens with zero attached hydrogens (tertiary/aromatic N) is 1. The van der Waals surface area contributed by atoms with Gasteiger partial charge in [-0.2, -0.15) is 13.2 Å². The summed E-state index contributed by atoms with van der Waals surface area (Å²) in [4.78, 5) is 1.45. The molecule has 0 aromatic rings. The zero-order valence-electron chi connectivity index (χ0n) is 9.86. The van der Waals surface area contributed by atoms with E-state index in [9.17, 15) is 13.2 Å². The Morgan fingerprint density at radius 1 is 1.27 bits per heavy atom. The molecule has 0 aliphatic rings. The van der Waals surface area contributed by atoms with Crippen LogP contribution >= 0.6 is 0 Å². The van der Waals surface area contributed by atoms with E-state index >= 15 is 0 Å². The van der Waals surface area contributed by atoms with Crippen LogP contribution in [0.25, 0.3) is 0 Å². The minimum absolute atomic E-state index is 0.0564. The van der Waals surface area contributed by atoms with Crippen molar-refractivity contribution in [2.24, 2.45) is 0 Å². The quantitative estimate of drug-likeness (QED) is 0.747. The zero-order valence-corrected chi connectivity index (χ0v) is 9.86. The normalized spacial score (nSPS) is 16.8. The van der Waals surface area contributed by atoms with Crippen molar-refractivity contribution in [2.75, 3.05) is 20.1 Å². The molecular weight excluding hydrogens is 205 g/mol. The minimum Gasteiger partial charge on any atom is -0.317 e. The molecule has 2 unspecified atom stereocenters. The van der Waals surface area contributed by atoms with Crippen LogP contribution < -0.4 is 5.32 Å². The van der Waals surface area contributed by atoms with Crippen LogP contribution in [0.15, 0.2) is 0 Å². The molecule has 0 saturated heterocycles. The van der Waals surface area contributed by atoms with E-state index in [1.165, 1.54) is 4.90 Å². The van der Waals surface area contributed by atoms with Gasteiger partial charge in [-0.25, -0.2) is 0 Å². The lowest BCUT2D eigenvalue weighted by Crippen LogP contribution is -2.42. The van der Waals surface area contributed by atoms with E-state index < -0.39 is 12.7 Å². The van der Waals surface area contributed by atoms with Crippen molar-refractivity contribution < 1.29 is 13.2 Å². The Morgan fingerprint density at radius 2 is 1.80 bits per heavy atom. The molecule has 0 saturated carbocycles. The Hall–Kier alpha value is -0.290. The molecule has 0 spiro atoms. The molecule has 0 aliphatic carbocycles. The van der Waals surface area contributed by atoms with Crippen molar-refractivity contribution in [2.45, 2.75) is 45.5 Å². The molecule has 0 aromatic carbocycles. The van der Waals surface area contributed by atoms with Crippen LogP contribution in [-0.4, -0.2) is 43.3 Å². The highest BCUT2D eigenvalue weighted by Crippen LogP contribution is 2.19. The van der Waals surface area contributed by atoms with E-state index in [4.69, 9.17) is 0 Å². The molecule has 0 heterocycles. The molecule has 1 N–H and O–H groups in total. The minimum atomic E-state index is -4.10. The summed E-state index contributed by atoms with van der Waals surface area (Å²) in [6, 6.07) is 0.182. The first-order valence-electron chi connectivity index (χ1n) is 5.28. The number of nitrogens with one attached hydrogen (secondary N) is 1. The summed E-state index contributed by atoms with van der Waals surface area (Å²) >= 11 is 0. The zero-order chi connectivity index (χ0) is 12.1. The van der Waals surface area contributed by atoms with Gasteiger partial charge >= 0.3 is 6.18 Å². The maximum Gasteiger partial charge on any atom is 0.401 e. The maximum absolute atomic E-state index is 12.2. The first-order chi connectivity index (χ1) is 6.80. The van der Waals surface area contributed by atoms with Crippen LogP contribution in [0.2, 0.25) is 0 Å². The second kappa shape index (κ2) is 6.33. The Labute approximate surface area is 89.8 Å². The van der Waals surface area contributed by atoms with Gasteiger partial charge in [-0.3, -0.25) is 4.90 Å². The highest BCUT2D eigenvalue weighted by atomic mass is 19.4. The lowest BCUT2D eigenvalue weighted by atomic mass is 10.1. The summed E-state index contributed by atoms with van der Waals surface area (Å²) in [5.41, 5.74) is 0. The smallest absolute Gasteiger partial charge is 0.317 e. The van der Waals surface area contributed by atoms with E-state index in [1.807, 2.05) is 20.9 Å². The molecule has 15 heavy (non-hydrogen) atoms. The van der Waals surface area contributed by atoms with E-state index in [-0.39, 0.29) is 12.1 Å². The first kappa shape index (κ1) is 14.7. The summed E-state index contributed by atoms with van der Waals surface area (Å²) in [5, 5.41) is 3.03. The maximum atomic E-state index is 12.2. The highest BCUT2D eigenvalue weighted by molar-refractivity contribution is 4.73. The van der Waals surface area contributed by atoms with Gasteiger partial charge in [0.25, 0.3) is 0 Å². The van der Waals surface area contributed by atoms with Crippen LogP contribution in [0.4, 0.5) is 13.2 Å². The van der Waals surface area contributed by atoms with Crippen LogP contribution in [0.1, 0.15) is 27.2 Å². The van der Waals surface area contributed by atoms with Gasteiger partial charge in [-0.1, -0.05) is 6.92 Å². The van der Waals surface area contributed by atoms with E-state index in [0.29, 0.717) is 6.54 Å². The van der Waals surface area contributed by atoms with Gasteiger partial charge in [0.05, 0.1) is 6.54 Å². The Balaban J connectivity index is 4.16. The predicted molar refractivity (Wildman–Crippen MR) is 55.9 cm³/mol. The lowest BCUT2D eigenvalue weighted by molar-refractivity contribution is -0.150. The average molecular weight is 226 g/mol. The van der Waals surface area contributed by atoms with Gasteiger partial charge in [0.1, 0.15) is 0 Å². The fraction of sp³-hybridized carbons (Fsp3) is 1.00. The fourth-order valence-corrected chi connectivity index (χ4v) is 1.59. The van der Waals surface area contributed by atoms with Gasteiger partial charge in [-0.15, -0.1) is 0 Å². The van der Waals surface area contributed by atoms with Crippen LogP contribution in [0.5, 0.6) is 0 Å². The van der Waals surface area contributed by atoms with Crippen molar-refractivity contribution in [1.82, 2.24) is 10.2 Å². The number of rotatable bonds is 6. The fourth-order valence-electron chi connectivity index (χ4n) is 1.59. The largest absolute Gasteiger partial charge is 0.401 e. The van der Waals surface area contributed by atoms with E-state index in [1.54, 1.807) is 6.92 Å². The molecular formula is C10H21F3N2. The molecule has 2 atom stereocenters. The summed E-state index contributed by atoms with van der Waals surface area (Å²) in [6.45, 7) is 5.17. The Kier molecular flexibility index (Phi) is 6.20.